The maximum atomic E-state index is 5.80. The fourth-order valence-electron chi connectivity index (χ4n) is 2.30. The van der Waals surface area contributed by atoms with Gasteiger partial charge in [0.15, 0.2) is 0 Å². The lowest BCUT2D eigenvalue weighted by Gasteiger charge is -2.25. The maximum absolute atomic E-state index is 5.80. The predicted molar refractivity (Wildman–Crippen MR) is 70.5 cm³/mol. The summed E-state index contributed by atoms with van der Waals surface area (Å²) in [5.41, 5.74) is 5.80. The summed E-state index contributed by atoms with van der Waals surface area (Å²) in [5.74, 6) is 2.78. The van der Waals surface area contributed by atoms with Gasteiger partial charge in [-0.2, -0.15) is 0 Å². The van der Waals surface area contributed by atoms with Crippen LogP contribution in [0.15, 0.2) is 6.07 Å². The standard InChI is InChI=1S/C12H21N5/c1-9-14-11(16(2)3)7-12(15-9)17-6-4-5-10(17)8-13/h7,10H,4-6,8,13H2,1-3H3. The molecule has 0 spiro atoms. The summed E-state index contributed by atoms with van der Waals surface area (Å²) in [7, 11) is 3.99. The molecule has 2 N–H and O–H groups in total. The van der Waals surface area contributed by atoms with Crippen molar-refractivity contribution >= 4 is 11.6 Å². The van der Waals surface area contributed by atoms with Gasteiger partial charge in [-0.15, -0.1) is 0 Å². The van der Waals surface area contributed by atoms with E-state index in [1.165, 1.54) is 6.42 Å². The third-order valence-electron chi connectivity index (χ3n) is 3.21. The van der Waals surface area contributed by atoms with Gasteiger partial charge in [-0.1, -0.05) is 0 Å². The number of nitrogens with two attached hydrogens (primary N) is 1. The van der Waals surface area contributed by atoms with E-state index in [9.17, 15) is 0 Å². The van der Waals surface area contributed by atoms with Crippen molar-refractivity contribution in [2.75, 3.05) is 37.0 Å². The van der Waals surface area contributed by atoms with Gasteiger partial charge in [0, 0.05) is 39.3 Å². The lowest BCUT2D eigenvalue weighted by molar-refractivity contribution is 0.669. The van der Waals surface area contributed by atoms with Crippen LogP contribution in [0, 0.1) is 6.92 Å². The van der Waals surface area contributed by atoms with Gasteiger partial charge in [-0.05, 0) is 19.8 Å². The van der Waals surface area contributed by atoms with Gasteiger partial charge in [0.05, 0.1) is 0 Å². The first-order valence-electron chi connectivity index (χ1n) is 6.11. The van der Waals surface area contributed by atoms with E-state index in [0.29, 0.717) is 12.6 Å². The van der Waals surface area contributed by atoms with E-state index in [0.717, 1.165) is 30.4 Å². The largest absolute Gasteiger partial charge is 0.363 e. The van der Waals surface area contributed by atoms with Gasteiger partial charge in [0.25, 0.3) is 0 Å². The first-order valence-corrected chi connectivity index (χ1v) is 6.11. The van der Waals surface area contributed by atoms with Crippen molar-refractivity contribution in [3.05, 3.63) is 11.9 Å². The Kier molecular flexibility index (Phi) is 3.47. The third kappa shape index (κ3) is 2.49. The minimum Gasteiger partial charge on any atom is -0.363 e. The molecule has 1 unspecified atom stereocenters. The molecular formula is C12H21N5. The van der Waals surface area contributed by atoms with Gasteiger partial charge in [0.1, 0.15) is 17.5 Å². The SMILES string of the molecule is Cc1nc(N(C)C)cc(N2CCCC2CN)n1. The molecular weight excluding hydrogens is 214 g/mol. The van der Waals surface area contributed by atoms with E-state index < -0.39 is 0 Å². The zero-order chi connectivity index (χ0) is 12.4. The van der Waals surface area contributed by atoms with E-state index >= 15 is 0 Å². The Morgan fingerprint density at radius 3 is 2.88 bits per heavy atom. The molecule has 0 amide bonds. The summed E-state index contributed by atoms with van der Waals surface area (Å²) in [5, 5.41) is 0. The van der Waals surface area contributed by atoms with Crippen LogP contribution in [0.5, 0.6) is 0 Å². The molecule has 1 saturated heterocycles. The normalized spacial score (nSPS) is 19.8. The maximum Gasteiger partial charge on any atom is 0.134 e. The summed E-state index contributed by atoms with van der Waals surface area (Å²) in [6.07, 6.45) is 2.36. The lowest BCUT2D eigenvalue weighted by Crippen LogP contribution is -2.36. The van der Waals surface area contributed by atoms with Crippen molar-refractivity contribution in [3.8, 4) is 0 Å². The van der Waals surface area contributed by atoms with E-state index in [-0.39, 0.29) is 0 Å². The van der Waals surface area contributed by atoms with Crippen LogP contribution in [-0.2, 0) is 0 Å². The zero-order valence-electron chi connectivity index (χ0n) is 10.8. The van der Waals surface area contributed by atoms with Crippen molar-refractivity contribution in [1.82, 2.24) is 9.97 Å². The second kappa shape index (κ2) is 4.87. The molecule has 0 aromatic carbocycles. The molecule has 1 aromatic rings. The highest BCUT2D eigenvalue weighted by molar-refractivity contribution is 5.51. The Balaban J connectivity index is 2.31. The molecule has 5 nitrogen and oxygen atoms in total. The summed E-state index contributed by atoms with van der Waals surface area (Å²) >= 11 is 0. The van der Waals surface area contributed by atoms with E-state index in [2.05, 4.69) is 14.9 Å². The molecule has 0 bridgehead atoms. The average molecular weight is 235 g/mol. The van der Waals surface area contributed by atoms with Crippen LogP contribution >= 0.6 is 0 Å². The Hall–Kier alpha value is -1.36. The minimum atomic E-state index is 0.430. The van der Waals surface area contributed by atoms with Gasteiger partial charge >= 0.3 is 0 Å². The number of aromatic nitrogens is 2. The van der Waals surface area contributed by atoms with Gasteiger partial charge in [0.2, 0.25) is 0 Å². The smallest absolute Gasteiger partial charge is 0.134 e. The first-order chi connectivity index (χ1) is 8.11. The number of hydrogen-bond donors (Lipinski definition) is 1. The Labute approximate surface area is 103 Å². The highest BCUT2D eigenvalue weighted by Gasteiger charge is 2.25. The van der Waals surface area contributed by atoms with Crippen molar-refractivity contribution in [1.29, 1.82) is 0 Å². The topological polar surface area (TPSA) is 58.3 Å². The lowest BCUT2D eigenvalue weighted by atomic mass is 10.2. The molecule has 0 saturated carbocycles. The summed E-state index contributed by atoms with van der Waals surface area (Å²) < 4.78 is 0. The fourth-order valence-corrected chi connectivity index (χ4v) is 2.30. The molecule has 1 aromatic heterocycles. The quantitative estimate of drug-likeness (QED) is 0.839. The van der Waals surface area contributed by atoms with E-state index in [1.54, 1.807) is 0 Å². The van der Waals surface area contributed by atoms with Crippen LogP contribution in [0.2, 0.25) is 0 Å². The molecule has 1 atom stereocenters. The number of anilines is 2. The number of hydrogen-bond acceptors (Lipinski definition) is 5. The Morgan fingerprint density at radius 2 is 2.24 bits per heavy atom. The molecule has 5 heteroatoms. The highest BCUT2D eigenvalue weighted by Crippen LogP contribution is 2.25. The number of rotatable bonds is 3. The van der Waals surface area contributed by atoms with Crippen molar-refractivity contribution < 1.29 is 0 Å². The Bertz CT molecular complexity index is 390. The molecule has 17 heavy (non-hydrogen) atoms. The molecule has 1 aliphatic rings. The third-order valence-corrected chi connectivity index (χ3v) is 3.21. The molecule has 2 heterocycles. The average Bonchev–Trinajstić information content (AvgIpc) is 2.76. The summed E-state index contributed by atoms with van der Waals surface area (Å²) in [6, 6.07) is 2.47. The van der Waals surface area contributed by atoms with Crippen molar-refractivity contribution in [2.45, 2.75) is 25.8 Å². The molecule has 94 valence electrons. The molecule has 1 fully saturated rings. The molecule has 0 radical (unpaired) electrons. The zero-order valence-corrected chi connectivity index (χ0v) is 10.8. The van der Waals surface area contributed by atoms with Crippen LogP contribution in [-0.4, -0.2) is 43.2 Å². The first kappa shape index (κ1) is 12.1. The molecule has 1 aliphatic heterocycles. The van der Waals surface area contributed by atoms with Crippen LogP contribution in [0.4, 0.5) is 11.6 Å². The summed E-state index contributed by atoms with van der Waals surface area (Å²) in [4.78, 5) is 13.3. The second-order valence-corrected chi connectivity index (χ2v) is 4.75. The number of nitrogens with zero attached hydrogens (tertiary/aromatic N) is 4. The van der Waals surface area contributed by atoms with Gasteiger partial charge in [-0.3, -0.25) is 0 Å². The minimum absolute atomic E-state index is 0.430. The van der Waals surface area contributed by atoms with Crippen LogP contribution in [0.1, 0.15) is 18.7 Å². The van der Waals surface area contributed by atoms with Crippen molar-refractivity contribution in [3.63, 3.8) is 0 Å². The van der Waals surface area contributed by atoms with Crippen molar-refractivity contribution in [2.24, 2.45) is 5.73 Å². The fraction of sp³-hybridized carbons (Fsp3) is 0.667. The van der Waals surface area contributed by atoms with Gasteiger partial charge in [-0.25, -0.2) is 9.97 Å². The van der Waals surface area contributed by atoms with E-state index in [4.69, 9.17) is 5.73 Å². The molecule has 2 rings (SSSR count). The van der Waals surface area contributed by atoms with Crippen LogP contribution in [0.3, 0.4) is 0 Å². The Morgan fingerprint density at radius 1 is 1.47 bits per heavy atom. The predicted octanol–water partition coefficient (Wildman–Crippen LogP) is 0.779. The van der Waals surface area contributed by atoms with E-state index in [1.807, 2.05) is 32.0 Å². The van der Waals surface area contributed by atoms with Gasteiger partial charge < -0.3 is 15.5 Å². The number of aryl methyl sites for hydroxylation is 1. The van der Waals surface area contributed by atoms with Crippen LogP contribution < -0.4 is 15.5 Å². The highest BCUT2D eigenvalue weighted by atomic mass is 15.3. The molecule has 0 aliphatic carbocycles. The summed E-state index contributed by atoms with van der Waals surface area (Å²) in [6.45, 7) is 3.68. The van der Waals surface area contributed by atoms with Crippen LogP contribution in [0.25, 0.3) is 0 Å². The monoisotopic (exact) mass is 235 g/mol. The second-order valence-electron chi connectivity index (χ2n) is 4.75.